The Morgan fingerprint density at radius 1 is 1.56 bits per heavy atom. The summed E-state index contributed by atoms with van der Waals surface area (Å²) >= 11 is 5.83. The SMILES string of the molecule is C=N/C=C(\C)c1cc2cnc(Cl)cc2n(C)c1=O. The molecule has 18 heavy (non-hydrogen) atoms. The zero-order chi connectivity index (χ0) is 13.3. The lowest BCUT2D eigenvalue weighted by Crippen LogP contribution is -2.20. The number of fused-ring (bicyclic) bond motifs is 1. The third-order valence-electron chi connectivity index (χ3n) is 2.78. The number of hydrogen-bond acceptors (Lipinski definition) is 3. The first-order valence-corrected chi connectivity index (χ1v) is 5.70. The first-order valence-electron chi connectivity index (χ1n) is 5.33. The fourth-order valence-corrected chi connectivity index (χ4v) is 1.98. The second kappa shape index (κ2) is 4.74. The lowest BCUT2D eigenvalue weighted by molar-refractivity contribution is 0.899. The van der Waals surface area contributed by atoms with Crippen molar-refractivity contribution in [2.75, 3.05) is 0 Å². The van der Waals surface area contributed by atoms with Crippen LogP contribution in [0, 0.1) is 0 Å². The van der Waals surface area contributed by atoms with Gasteiger partial charge in [-0.05, 0) is 31.3 Å². The van der Waals surface area contributed by atoms with Crippen LogP contribution in [-0.4, -0.2) is 16.3 Å². The highest BCUT2D eigenvalue weighted by atomic mass is 35.5. The standard InChI is InChI=1S/C13H12ClN3O/c1-8(6-15-2)10-4-9-7-16-12(14)5-11(9)17(3)13(10)18/h4-7H,2H2,1,3H3/b8-6+. The van der Waals surface area contributed by atoms with E-state index in [2.05, 4.69) is 16.7 Å². The van der Waals surface area contributed by atoms with Crippen molar-refractivity contribution in [1.82, 2.24) is 9.55 Å². The van der Waals surface area contributed by atoms with Gasteiger partial charge >= 0.3 is 0 Å². The Labute approximate surface area is 109 Å². The molecule has 2 aromatic rings. The highest BCUT2D eigenvalue weighted by Gasteiger charge is 2.08. The van der Waals surface area contributed by atoms with E-state index in [1.54, 1.807) is 36.1 Å². The zero-order valence-corrected chi connectivity index (χ0v) is 10.9. The molecule has 2 rings (SSSR count). The van der Waals surface area contributed by atoms with Crippen molar-refractivity contribution in [2.45, 2.75) is 6.92 Å². The molecule has 0 aliphatic rings. The molecule has 0 aromatic carbocycles. The summed E-state index contributed by atoms with van der Waals surface area (Å²) in [4.78, 5) is 19.9. The average Bonchev–Trinajstić information content (AvgIpc) is 2.34. The van der Waals surface area contributed by atoms with Crippen LogP contribution < -0.4 is 5.56 Å². The van der Waals surface area contributed by atoms with Gasteiger partial charge in [0.25, 0.3) is 5.56 Å². The molecular formula is C13H12ClN3O. The van der Waals surface area contributed by atoms with Gasteiger partial charge in [0.15, 0.2) is 0 Å². The Balaban J connectivity index is 2.84. The molecule has 0 saturated carbocycles. The number of nitrogens with zero attached hydrogens (tertiary/aromatic N) is 3. The van der Waals surface area contributed by atoms with Crippen molar-refractivity contribution in [2.24, 2.45) is 12.0 Å². The fourth-order valence-electron chi connectivity index (χ4n) is 1.83. The third kappa shape index (κ3) is 2.07. The number of halogens is 1. The Hall–Kier alpha value is -1.94. The summed E-state index contributed by atoms with van der Waals surface area (Å²) < 4.78 is 1.55. The van der Waals surface area contributed by atoms with Crippen LogP contribution in [0.2, 0.25) is 5.15 Å². The number of allylic oxidation sites excluding steroid dienone is 1. The van der Waals surface area contributed by atoms with E-state index >= 15 is 0 Å². The Morgan fingerprint density at radius 3 is 2.94 bits per heavy atom. The number of hydrogen-bond donors (Lipinski definition) is 0. The van der Waals surface area contributed by atoms with Gasteiger partial charge in [0, 0.05) is 30.4 Å². The summed E-state index contributed by atoms with van der Waals surface area (Å²) in [7, 11) is 1.71. The molecule has 0 atom stereocenters. The molecule has 0 fully saturated rings. The lowest BCUT2D eigenvalue weighted by Gasteiger charge is -2.08. The molecule has 92 valence electrons. The topological polar surface area (TPSA) is 47.2 Å². The molecule has 0 amide bonds. The van der Waals surface area contributed by atoms with Crippen LogP contribution in [0.15, 0.2) is 34.3 Å². The largest absolute Gasteiger partial charge is 0.311 e. The number of pyridine rings is 2. The van der Waals surface area contributed by atoms with E-state index in [-0.39, 0.29) is 5.56 Å². The number of aryl methyl sites for hydroxylation is 1. The van der Waals surface area contributed by atoms with Gasteiger partial charge in [0.1, 0.15) is 5.15 Å². The maximum Gasteiger partial charge on any atom is 0.258 e. The molecule has 0 unspecified atom stereocenters. The van der Waals surface area contributed by atoms with E-state index in [4.69, 9.17) is 11.6 Å². The van der Waals surface area contributed by atoms with Gasteiger partial charge in [-0.1, -0.05) is 11.6 Å². The molecule has 5 heteroatoms. The Bertz CT molecular complexity index is 716. The van der Waals surface area contributed by atoms with Crippen LogP contribution in [0.3, 0.4) is 0 Å². The third-order valence-corrected chi connectivity index (χ3v) is 2.99. The summed E-state index contributed by atoms with van der Waals surface area (Å²) in [5, 5.41) is 1.22. The lowest BCUT2D eigenvalue weighted by atomic mass is 10.1. The summed E-state index contributed by atoms with van der Waals surface area (Å²) in [6.07, 6.45) is 3.21. The van der Waals surface area contributed by atoms with E-state index in [1.807, 2.05) is 6.92 Å². The number of aliphatic imine (C=N–C) groups is 1. The maximum atomic E-state index is 12.2. The van der Waals surface area contributed by atoms with Crippen LogP contribution in [0.1, 0.15) is 12.5 Å². The molecule has 0 saturated heterocycles. The molecule has 0 bridgehead atoms. The minimum Gasteiger partial charge on any atom is -0.311 e. The quantitative estimate of drug-likeness (QED) is 0.616. The minimum absolute atomic E-state index is 0.0952. The maximum absolute atomic E-state index is 12.2. The minimum atomic E-state index is -0.0952. The van der Waals surface area contributed by atoms with Gasteiger partial charge < -0.3 is 4.57 Å². The van der Waals surface area contributed by atoms with Crippen molar-refractivity contribution in [3.8, 4) is 0 Å². The second-order valence-corrected chi connectivity index (χ2v) is 4.37. The smallest absolute Gasteiger partial charge is 0.258 e. The number of rotatable bonds is 2. The molecule has 4 nitrogen and oxygen atoms in total. The summed E-state index contributed by atoms with van der Waals surface area (Å²) in [5.74, 6) is 0. The molecule has 2 heterocycles. The second-order valence-electron chi connectivity index (χ2n) is 3.98. The number of aromatic nitrogens is 2. The monoisotopic (exact) mass is 261 g/mol. The Kier molecular flexibility index (Phi) is 3.30. The first-order chi connectivity index (χ1) is 8.54. The van der Waals surface area contributed by atoms with Gasteiger partial charge in [0.2, 0.25) is 0 Å². The van der Waals surface area contributed by atoms with Crippen LogP contribution >= 0.6 is 11.6 Å². The van der Waals surface area contributed by atoms with Crippen molar-refractivity contribution in [3.05, 3.63) is 45.6 Å². The molecule has 2 aromatic heterocycles. The molecule has 0 spiro atoms. The zero-order valence-electron chi connectivity index (χ0n) is 10.1. The van der Waals surface area contributed by atoms with E-state index in [0.29, 0.717) is 10.7 Å². The predicted octanol–water partition coefficient (Wildman–Crippen LogP) is 2.65. The average molecular weight is 262 g/mol. The normalized spacial score (nSPS) is 11.8. The van der Waals surface area contributed by atoms with Crippen molar-refractivity contribution in [3.63, 3.8) is 0 Å². The first kappa shape index (κ1) is 12.5. The molecule has 0 N–H and O–H groups in total. The van der Waals surface area contributed by atoms with Gasteiger partial charge in [-0.15, -0.1) is 0 Å². The van der Waals surface area contributed by atoms with E-state index in [9.17, 15) is 4.79 Å². The highest BCUT2D eigenvalue weighted by Crippen LogP contribution is 2.19. The van der Waals surface area contributed by atoms with Gasteiger partial charge in [-0.25, -0.2) is 4.98 Å². The summed E-state index contributed by atoms with van der Waals surface area (Å²) in [6.45, 7) is 5.21. The van der Waals surface area contributed by atoms with Crippen LogP contribution in [0.5, 0.6) is 0 Å². The fraction of sp³-hybridized carbons (Fsp3) is 0.154. The van der Waals surface area contributed by atoms with Gasteiger partial charge in [-0.3, -0.25) is 9.79 Å². The molecule has 0 aliphatic heterocycles. The van der Waals surface area contributed by atoms with Crippen molar-refractivity contribution < 1.29 is 0 Å². The molecular weight excluding hydrogens is 250 g/mol. The van der Waals surface area contributed by atoms with Crippen LogP contribution in [-0.2, 0) is 7.05 Å². The summed E-state index contributed by atoms with van der Waals surface area (Å²) in [6, 6.07) is 3.46. The van der Waals surface area contributed by atoms with E-state index in [1.165, 1.54) is 0 Å². The van der Waals surface area contributed by atoms with E-state index < -0.39 is 0 Å². The van der Waals surface area contributed by atoms with Gasteiger partial charge in [0.05, 0.1) is 5.52 Å². The van der Waals surface area contributed by atoms with E-state index in [0.717, 1.165) is 16.5 Å². The van der Waals surface area contributed by atoms with Crippen molar-refractivity contribution in [1.29, 1.82) is 0 Å². The van der Waals surface area contributed by atoms with Crippen molar-refractivity contribution >= 4 is 34.8 Å². The highest BCUT2D eigenvalue weighted by molar-refractivity contribution is 6.30. The van der Waals surface area contributed by atoms with Crippen LogP contribution in [0.25, 0.3) is 16.5 Å². The van der Waals surface area contributed by atoms with Gasteiger partial charge in [-0.2, -0.15) is 0 Å². The molecule has 0 aliphatic carbocycles. The Morgan fingerprint density at radius 2 is 2.28 bits per heavy atom. The van der Waals surface area contributed by atoms with Crippen LogP contribution in [0.4, 0.5) is 0 Å². The molecule has 0 radical (unpaired) electrons. The predicted molar refractivity (Wildman–Crippen MR) is 75.2 cm³/mol. The summed E-state index contributed by atoms with van der Waals surface area (Å²) in [5.41, 5.74) is 2.01.